The first-order valence-corrected chi connectivity index (χ1v) is 11.0. The fraction of sp³-hybridized carbons (Fsp3) is 0.154. The maximum absolute atomic E-state index is 12.3. The number of carbonyl (C=O) groups excluding carboxylic acids is 2. The average Bonchev–Trinajstić information content (AvgIpc) is 2.91. The molecule has 36 heavy (non-hydrogen) atoms. The minimum atomic E-state index is -0.526. The third-order valence-electron chi connectivity index (χ3n) is 4.90. The molecule has 0 aliphatic heterocycles. The van der Waals surface area contributed by atoms with E-state index in [0.29, 0.717) is 39.0 Å². The molecule has 0 aliphatic rings. The summed E-state index contributed by atoms with van der Waals surface area (Å²) in [5, 5.41) is 15.8. The molecule has 0 aromatic heterocycles. The second-order valence-electron chi connectivity index (χ2n) is 7.33. The Morgan fingerprint density at radius 1 is 1.00 bits per heavy atom. The van der Waals surface area contributed by atoms with Gasteiger partial charge in [0.05, 0.1) is 38.6 Å². The molecule has 0 aliphatic carbocycles. The molecule has 0 spiro atoms. The molecule has 10 heteroatoms. The molecule has 0 unspecified atom stereocenters. The van der Waals surface area contributed by atoms with Crippen LogP contribution in [0.4, 0.5) is 0 Å². The maximum Gasteiger partial charge on any atom is 0.259 e. The predicted octanol–water partition coefficient (Wildman–Crippen LogP) is 3.69. The number of nitrogens with one attached hydrogen (secondary N) is 2. The van der Waals surface area contributed by atoms with Crippen LogP contribution in [0.25, 0.3) is 0 Å². The number of ether oxygens (including phenoxy) is 3. The van der Waals surface area contributed by atoms with Gasteiger partial charge in [0.1, 0.15) is 12.4 Å². The number of hydrazone groups is 1. The number of nitrogens with zero attached hydrogens (tertiary/aromatic N) is 2. The fourth-order valence-corrected chi connectivity index (χ4v) is 3.22. The predicted molar refractivity (Wildman–Crippen MR) is 135 cm³/mol. The smallest absolute Gasteiger partial charge is 0.259 e. The van der Waals surface area contributed by atoms with Crippen molar-refractivity contribution in [2.75, 3.05) is 20.8 Å². The number of hydrogen-bond donors (Lipinski definition) is 2. The summed E-state index contributed by atoms with van der Waals surface area (Å²) in [6, 6.07) is 18.8. The summed E-state index contributed by atoms with van der Waals surface area (Å²) in [6.45, 7) is -0.0230. The van der Waals surface area contributed by atoms with Crippen molar-refractivity contribution in [1.29, 1.82) is 5.26 Å². The summed E-state index contributed by atoms with van der Waals surface area (Å²) >= 11 is 6.09. The highest BCUT2D eigenvalue weighted by Gasteiger charge is 2.12. The van der Waals surface area contributed by atoms with Crippen molar-refractivity contribution in [3.05, 3.63) is 87.9 Å². The topological polar surface area (TPSA) is 122 Å². The molecule has 3 rings (SSSR count). The molecule has 0 atom stereocenters. The lowest BCUT2D eigenvalue weighted by Crippen LogP contribution is -2.34. The number of nitriles is 1. The quantitative estimate of drug-likeness (QED) is 0.319. The zero-order chi connectivity index (χ0) is 25.9. The van der Waals surface area contributed by atoms with Gasteiger partial charge in [-0.1, -0.05) is 23.7 Å². The van der Waals surface area contributed by atoms with E-state index in [-0.39, 0.29) is 13.2 Å². The minimum absolute atomic E-state index is 0.267. The van der Waals surface area contributed by atoms with Gasteiger partial charge in [-0.15, -0.1) is 0 Å². The van der Waals surface area contributed by atoms with Gasteiger partial charge in [-0.2, -0.15) is 10.4 Å². The Morgan fingerprint density at radius 3 is 2.42 bits per heavy atom. The highest BCUT2D eigenvalue weighted by molar-refractivity contribution is 6.30. The third-order valence-corrected chi connectivity index (χ3v) is 5.13. The van der Waals surface area contributed by atoms with Crippen molar-refractivity contribution >= 4 is 29.6 Å². The molecule has 0 saturated carbocycles. The van der Waals surface area contributed by atoms with Crippen LogP contribution >= 0.6 is 11.6 Å². The van der Waals surface area contributed by atoms with Gasteiger partial charge in [0.25, 0.3) is 11.8 Å². The van der Waals surface area contributed by atoms with Gasteiger partial charge < -0.3 is 19.5 Å². The van der Waals surface area contributed by atoms with E-state index in [4.69, 9.17) is 31.1 Å². The number of hydrogen-bond acceptors (Lipinski definition) is 7. The van der Waals surface area contributed by atoms with Crippen LogP contribution in [0.1, 0.15) is 27.0 Å². The maximum atomic E-state index is 12.3. The Labute approximate surface area is 213 Å². The molecule has 184 valence electrons. The first-order valence-electron chi connectivity index (χ1n) is 10.7. The van der Waals surface area contributed by atoms with E-state index in [9.17, 15) is 9.59 Å². The average molecular weight is 507 g/mol. The second kappa shape index (κ2) is 12.8. The van der Waals surface area contributed by atoms with Crippen LogP contribution in [0, 0.1) is 11.3 Å². The van der Waals surface area contributed by atoms with Gasteiger partial charge in [0.15, 0.2) is 11.5 Å². The van der Waals surface area contributed by atoms with Crippen molar-refractivity contribution < 1.29 is 23.8 Å². The highest BCUT2D eigenvalue weighted by Crippen LogP contribution is 2.27. The zero-order valence-electron chi connectivity index (χ0n) is 19.6. The zero-order valence-corrected chi connectivity index (χ0v) is 20.3. The summed E-state index contributed by atoms with van der Waals surface area (Å²) in [5.74, 6) is 0.411. The molecule has 3 aromatic carbocycles. The molecule has 0 fully saturated rings. The summed E-state index contributed by atoms with van der Waals surface area (Å²) in [7, 11) is 2.96. The molecule has 0 radical (unpaired) electrons. The van der Waals surface area contributed by atoms with Crippen molar-refractivity contribution in [2.24, 2.45) is 5.10 Å². The highest BCUT2D eigenvalue weighted by atomic mass is 35.5. The molecule has 0 heterocycles. The van der Waals surface area contributed by atoms with E-state index in [0.717, 1.165) is 5.56 Å². The first-order chi connectivity index (χ1) is 17.4. The van der Waals surface area contributed by atoms with E-state index in [1.54, 1.807) is 54.6 Å². The van der Waals surface area contributed by atoms with Gasteiger partial charge in [-0.25, -0.2) is 5.43 Å². The number of rotatable bonds is 10. The SMILES string of the molecule is COc1ccc(C(=O)NCC(=O)N/N=C\c2cc(Cl)ccc2OCc2ccc(C#N)cc2)cc1OC. The van der Waals surface area contributed by atoms with E-state index in [1.807, 2.05) is 0 Å². The summed E-state index contributed by atoms with van der Waals surface area (Å²) in [5.41, 5.74) is 4.66. The minimum Gasteiger partial charge on any atom is -0.493 e. The molecular formula is C26H23ClN4O5. The second-order valence-corrected chi connectivity index (χ2v) is 7.76. The van der Waals surface area contributed by atoms with Crippen molar-refractivity contribution in [3.63, 3.8) is 0 Å². The van der Waals surface area contributed by atoms with Crippen LogP contribution in [0.3, 0.4) is 0 Å². The number of benzene rings is 3. The van der Waals surface area contributed by atoms with E-state index in [2.05, 4.69) is 21.9 Å². The third kappa shape index (κ3) is 7.22. The van der Waals surface area contributed by atoms with E-state index in [1.165, 1.54) is 26.5 Å². The largest absolute Gasteiger partial charge is 0.493 e. The molecule has 3 aromatic rings. The first kappa shape index (κ1) is 26.1. The Balaban J connectivity index is 1.55. The molecule has 2 amide bonds. The van der Waals surface area contributed by atoms with Crippen molar-refractivity contribution in [1.82, 2.24) is 10.7 Å². The van der Waals surface area contributed by atoms with Gasteiger partial charge in [0, 0.05) is 16.1 Å². The molecule has 0 saturated heterocycles. The van der Waals surface area contributed by atoms with Crippen LogP contribution in [-0.4, -0.2) is 38.8 Å². The van der Waals surface area contributed by atoms with Gasteiger partial charge in [-0.05, 0) is 54.1 Å². The lowest BCUT2D eigenvalue weighted by molar-refractivity contribution is -0.120. The van der Waals surface area contributed by atoms with Crippen LogP contribution in [0.5, 0.6) is 17.2 Å². The molecule has 2 N–H and O–H groups in total. The Kier molecular flexibility index (Phi) is 9.26. The lowest BCUT2D eigenvalue weighted by Gasteiger charge is -2.10. The normalized spacial score (nSPS) is 10.4. The van der Waals surface area contributed by atoms with Crippen LogP contribution in [0.2, 0.25) is 5.02 Å². The van der Waals surface area contributed by atoms with E-state index >= 15 is 0 Å². The molecule has 0 bridgehead atoms. The van der Waals surface area contributed by atoms with Crippen LogP contribution < -0.4 is 25.0 Å². The monoisotopic (exact) mass is 506 g/mol. The van der Waals surface area contributed by atoms with Gasteiger partial charge in [0.2, 0.25) is 0 Å². The molecule has 9 nitrogen and oxygen atoms in total. The summed E-state index contributed by atoms with van der Waals surface area (Å²) in [6.07, 6.45) is 1.40. The van der Waals surface area contributed by atoms with Crippen molar-refractivity contribution in [2.45, 2.75) is 6.61 Å². The number of halogens is 1. The summed E-state index contributed by atoms with van der Waals surface area (Å²) in [4.78, 5) is 24.5. The Morgan fingerprint density at radius 2 is 1.72 bits per heavy atom. The van der Waals surface area contributed by atoms with Gasteiger partial charge in [-0.3, -0.25) is 9.59 Å². The number of methoxy groups -OCH3 is 2. The number of amides is 2. The van der Waals surface area contributed by atoms with Crippen LogP contribution in [-0.2, 0) is 11.4 Å². The van der Waals surface area contributed by atoms with Crippen molar-refractivity contribution in [3.8, 4) is 23.3 Å². The van der Waals surface area contributed by atoms with Crippen LogP contribution in [0.15, 0.2) is 65.8 Å². The Bertz CT molecular complexity index is 1300. The lowest BCUT2D eigenvalue weighted by atomic mass is 10.1. The molecular weight excluding hydrogens is 484 g/mol. The van der Waals surface area contributed by atoms with E-state index < -0.39 is 11.8 Å². The summed E-state index contributed by atoms with van der Waals surface area (Å²) < 4.78 is 16.2. The van der Waals surface area contributed by atoms with Gasteiger partial charge >= 0.3 is 0 Å². The fourth-order valence-electron chi connectivity index (χ4n) is 3.04. The standard InChI is InChI=1S/C26H23ClN4O5/c1-34-23-9-7-19(12-24(23)35-2)26(33)29-15-25(32)31-30-14-20-11-21(27)8-10-22(20)36-16-18-5-3-17(13-28)4-6-18/h3-12,14H,15-16H2,1-2H3,(H,29,33)(H,31,32)/b30-14-. The Hall–Kier alpha value is -4.55. The number of carbonyl (C=O) groups is 2.